The van der Waals surface area contributed by atoms with Gasteiger partial charge in [0.25, 0.3) is 5.91 Å². The molecule has 47 heavy (non-hydrogen) atoms. The highest BCUT2D eigenvalue weighted by molar-refractivity contribution is 8.01. The van der Waals surface area contributed by atoms with Gasteiger partial charge in [0.2, 0.25) is 5.69 Å². The number of aliphatic hydroxyl groups is 1. The average molecular weight is 675 g/mol. The summed E-state index contributed by atoms with van der Waals surface area (Å²) in [4.78, 5) is 51.8. The summed E-state index contributed by atoms with van der Waals surface area (Å²) >= 11 is 1.32. The summed E-state index contributed by atoms with van der Waals surface area (Å²) in [6.45, 7) is 20.2. The molecule has 2 bridgehead atoms. The summed E-state index contributed by atoms with van der Waals surface area (Å²) in [6, 6.07) is 0. The fourth-order valence-electron chi connectivity index (χ4n) is 8.92. The number of carbonyl (C=O) groups is 3. The molecule has 0 saturated heterocycles. The van der Waals surface area contributed by atoms with Crippen molar-refractivity contribution in [2.75, 3.05) is 12.3 Å². The van der Waals surface area contributed by atoms with E-state index in [4.69, 9.17) is 4.74 Å². The van der Waals surface area contributed by atoms with Crippen molar-refractivity contribution in [1.29, 1.82) is 0 Å². The smallest absolute Gasteiger partial charge is 0.323 e. The molecule has 3 saturated carbocycles. The van der Waals surface area contributed by atoms with Gasteiger partial charge in [0.15, 0.2) is 0 Å². The van der Waals surface area contributed by atoms with Crippen LogP contribution in [0.4, 0.5) is 5.69 Å². The van der Waals surface area contributed by atoms with Crippen molar-refractivity contribution in [1.82, 2.24) is 15.1 Å². The van der Waals surface area contributed by atoms with Crippen molar-refractivity contribution in [2.24, 2.45) is 47.0 Å². The van der Waals surface area contributed by atoms with Gasteiger partial charge in [-0.25, -0.2) is 0 Å². The van der Waals surface area contributed by atoms with E-state index in [1.165, 1.54) is 23.5 Å². The molecule has 262 valence electrons. The van der Waals surface area contributed by atoms with Crippen LogP contribution in [0.5, 0.6) is 0 Å². The first-order chi connectivity index (χ1) is 21.7. The van der Waals surface area contributed by atoms with E-state index in [1.807, 2.05) is 34.6 Å². The van der Waals surface area contributed by atoms with Crippen molar-refractivity contribution >= 4 is 35.1 Å². The molecule has 0 radical (unpaired) electrons. The summed E-state index contributed by atoms with van der Waals surface area (Å²) in [6.07, 6.45) is 4.16. The van der Waals surface area contributed by atoms with E-state index < -0.39 is 44.6 Å². The lowest BCUT2D eigenvalue weighted by Gasteiger charge is -2.61. The average Bonchev–Trinajstić information content (AvgIpc) is 3.51. The molecule has 3 fully saturated rings. The maximum absolute atomic E-state index is 13.6. The first-order valence-electron chi connectivity index (χ1n) is 16.9. The predicted molar refractivity (Wildman–Crippen MR) is 182 cm³/mol. The minimum atomic E-state index is -0.735. The highest BCUT2D eigenvalue weighted by atomic mass is 32.2. The second-order valence-corrected chi connectivity index (χ2v) is 17.6. The fourth-order valence-corrected chi connectivity index (χ4v) is 9.67. The molecule has 4 rings (SSSR count). The zero-order valence-corrected chi connectivity index (χ0v) is 30.4. The SMILES string of the molecule is C=C[C@]1(C)C[C@@H](OC(=O)CSC(C)(C)CNC(=O)c2c([N+](=O)[O-])c(CC(C)C)nn2C)[C@]2(C)[C@H](C)CC[C@]3(CCC(=O)[C@@H]32)[C@@H](C)[C@@H]1O. The first kappa shape index (κ1) is 37.1. The lowest BCUT2D eigenvalue weighted by atomic mass is 9.44. The van der Waals surface area contributed by atoms with Crippen molar-refractivity contribution in [3.63, 3.8) is 0 Å². The van der Waals surface area contributed by atoms with E-state index in [0.29, 0.717) is 19.3 Å². The zero-order valence-electron chi connectivity index (χ0n) is 29.6. The summed E-state index contributed by atoms with van der Waals surface area (Å²) < 4.78 is 6.99. The lowest BCUT2D eigenvalue weighted by Crippen LogP contribution is -2.63. The fraction of sp³-hybridized carbons (Fsp3) is 0.771. The number of Topliss-reactive ketones (excluding diaryl/α,β-unsaturated/α-hetero) is 1. The molecule has 1 aromatic rings. The van der Waals surface area contributed by atoms with Crippen LogP contribution >= 0.6 is 11.8 Å². The summed E-state index contributed by atoms with van der Waals surface area (Å²) in [5, 5.41) is 30.7. The van der Waals surface area contributed by atoms with Crippen molar-refractivity contribution < 1.29 is 29.2 Å². The quantitative estimate of drug-likeness (QED) is 0.131. The number of nitrogens with zero attached hydrogens (tertiary/aromatic N) is 3. The molecule has 2 N–H and O–H groups in total. The molecule has 1 aromatic heterocycles. The minimum absolute atomic E-state index is 0.00173. The Bertz CT molecular complexity index is 1420. The van der Waals surface area contributed by atoms with Gasteiger partial charge < -0.3 is 15.2 Å². The molecule has 0 unspecified atom stereocenters. The van der Waals surface area contributed by atoms with Gasteiger partial charge in [0, 0.05) is 47.9 Å². The van der Waals surface area contributed by atoms with Crippen LogP contribution in [0.25, 0.3) is 0 Å². The van der Waals surface area contributed by atoms with E-state index in [1.54, 1.807) is 6.08 Å². The predicted octanol–water partition coefficient (Wildman–Crippen LogP) is 5.67. The number of ether oxygens (including phenoxy) is 1. The second-order valence-electron chi connectivity index (χ2n) is 15.9. The number of esters is 1. The first-order valence-corrected chi connectivity index (χ1v) is 17.9. The van der Waals surface area contributed by atoms with Crippen molar-refractivity contribution in [3.8, 4) is 0 Å². The Morgan fingerprint density at radius 1 is 1.30 bits per heavy atom. The number of carbonyl (C=O) groups excluding carboxylic acids is 3. The van der Waals surface area contributed by atoms with Crippen LogP contribution in [-0.2, 0) is 27.8 Å². The van der Waals surface area contributed by atoms with E-state index >= 15 is 0 Å². The highest BCUT2D eigenvalue weighted by Gasteiger charge is 2.68. The van der Waals surface area contributed by atoms with E-state index in [2.05, 4.69) is 37.8 Å². The molecule has 1 heterocycles. The van der Waals surface area contributed by atoms with Crippen LogP contribution in [0, 0.1) is 50.0 Å². The third-order valence-corrected chi connectivity index (χ3v) is 13.2. The summed E-state index contributed by atoms with van der Waals surface area (Å²) in [5.41, 5.74) is -1.78. The zero-order chi connectivity index (χ0) is 35.3. The van der Waals surface area contributed by atoms with Crippen LogP contribution in [0.3, 0.4) is 0 Å². The Kier molecular flexibility index (Phi) is 10.5. The number of aryl methyl sites for hydroxylation is 1. The maximum atomic E-state index is 13.6. The van der Waals surface area contributed by atoms with Crippen LogP contribution < -0.4 is 5.32 Å². The van der Waals surface area contributed by atoms with Crippen molar-refractivity contribution in [3.05, 3.63) is 34.2 Å². The van der Waals surface area contributed by atoms with Crippen LogP contribution in [0.1, 0.15) is 104 Å². The number of rotatable bonds is 11. The third-order valence-electron chi connectivity index (χ3n) is 11.9. The molecule has 1 amide bonds. The van der Waals surface area contributed by atoms with Crippen LogP contribution in [0.15, 0.2) is 12.7 Å². The lowest BCUT2D eigenvalue weighted by molar-refractivity contribution is -0.385. The largest absolute Gasteiger partial charge is 0.461 e. The number of ketones is 1. The number of hydrogen-bond acceptors (Lipinski definition) is 9. The molecular formula is C35H54N4O7S. The Labute approximate surface area is 283 Å². The van der Waals surface area contributed by atoms with Gasteiger partial charge in [0.1, 0.15) is 17.6 Å². The number of thioether (sulfide) groups is 1. The van der Waals surface area contributed by atoms with Gasteiger partial charge in [0.05, 0.1) is 16.8 Å². The number of nitro groups is 1. The summed E-state index contributed by atoms with van der Waals surface area (Å²) in [5.74, 6) is -0.967. The molecule has 12 heteroatoms. The maximum Gasteiger partial charge on any atom is 0.323 e. The molecule has 8 atom stereocenters. The monoisotopic (exact) mass is 674 g/mol. The van der Waals surface area contributed by atoms with Gasteiger partial charge in [-0.2, -0.15) is 5.10 Å². The van der Waals surface area contributed by atoms with Crippen LogP contribution in [-0.4, -0.2) is 66.7 Å². The number of hydrogen-bond donors (Lipinski definition) is 2. The molecule has 0 aliphatic heterocycles. The Balaban J connectivity index is 1.50. The topological polar surface area (TPSA) is 154 Å². The Morgan fingerprint density at radius 3 is 2.55 bits per heavy atom. The molecule has 0 spiro atoms. The van der Waals surface area contributed by atoms with Crippen molar-refractivity contribution in [2.45, 2.75) is 111 Å². The normalized spacial score (nSPS) is 33.9. The van der Waals surface area contributed by atoms with Gasteiger partial charge in [-0.3, -0.25) is 29.2 Å². The Morgan fingerprint density at radius 2 is 1.96 bits per heavy atom. The molecular weight excluding hydrogens is 620 g/mol. The number of amides is 1. The molecule has 3 aliphatic carbocycles. The summed E-state index contributed by atoms with van der Waals surface area (Å²) in [7, 11) is 1.52. The Hall–Kier alpha value is -2.73. The third kappa shape index (κ3) is 6.65. The second kappa shape index (κ2) is 13.3. The standard InChI is InChI=1S/C35H54N4O7S/c1-11-33(8)17-25(34(9)21(4)12-14-35(22(5)30(33)42)15-13-24(40)29(34)35)46-26(41)18-47-32(6,7)19-36-31(43)28-27(39(44)45)23(16-20(2)3)37-38(28)10/h11,20-22,25,29-30,42H,1,12-19H2,2-10H3,(H,36,43)/t21-,22+,25-,29-,30+,33-,34+,35+/m1/s1. The van der Waals surface area contributed by atoms with Gasteiger partial charge in [-0.15, -0.1) is 18.3 Å². The molecule has 0 aromatic carbocycles. The van der Waals surface area contributed by atoms with Crippen LogP contribution in [0.2, 0.25) is 0 Å². The van der Waals surface area contributed by atoms with Gasteiger partial charge in [-0.1, -0.05) is 47.6 Å². The number of nitrogens with one attached hydrogen (secondary N) is 1. The van der Waals surface area contributed by atoms with E-state index in [-0.39, 0.29) is 64.2 Å². The van der Waals surface area contributed by atoms with E-state index in [0.717, 1.165) is 19.3 Å². The minimum Gasteiger partial charge on any atom is -0.461 e. The van der Waals surface area contributed by atoms with E-state index in [9.17, 15) is 29.6 Å². The molecule has 11 nitrogen and oxygen atoms in total. The van der Waals surface area contributed by atoms with Gasteiger partial charge in [-0.05, 0) is 62.7 Å². The highest BCUT2D eigenvalue weighted by Crippen LogP contribution is 2.68. The van der Waals surface area contributed by atoms with Gasteiger partial charge >= 0.3 is 11.7 Å². The molecule has 3 aliphatic rings. The number of aliphatic hydroxyl groups excluding tert-OH is 1. The number of aromatic nitrogens is 2.